The molecule has 2 N–H and O–H groups in total. The van der Waals surface area contributed by atoms with Crippen LogP contribution < -0.4 is 5.73 Å². The van der Waals surface area contributed by atoms with Gasteiger partial charge in [0.1, 0.15) is 11.5 Å². The summed E-state index contributed by atoms with van der Waals surface area (Å²) in [5.41, 5.74) is 5.26. The minimum atomic E-state index is -1.32. The zero-order chi connectivity index (χ0) is 10.3. The van der Waals surface area contributed by atoms with Gasteiger partial charge in [-0.3, -0.25) is 0 Å². The lowest BCUT2D eigenvalue weighted by Gasteiger charge is -2.39. The van der Waals surface area contributed by atoms with E-state index in [-0.39, 0.29) is 11.9 Å². The maximum atomic E-state index is 14.0. The normalized spacial score (nSPS) is 31.3. The van der Waals surface area contributed by atoms with Crippen LogP contribution in [0.25, 0.3) is 0 Å². The number of hydrogen-bond acceptors (Lipinski definition) is 1. The fourth-order valence-electron chi connectivity index (χ4n) is 1.93. The average Bonchev–Trinajstić information content (AvgIpc) is 2.07. The number of rotatable bonds is 1. The Morgan fingerprint density at radius 3 is 2.57 bits per heavy atom. The minimum Gasteiger partial charge on any atom is -0.327 e. The van der Waals surface area contributed by atoms with Crippen molar-refractivity contribution in [2.75, 3.05) is 0 Å². The van der Waals surface area contributed by atoms with E-state index in [4.69, 9.17) is 5.73 Å². The molecule has 0 spiro atoms. The van der Waals surface area contributed by atoms with Crippen LogP contribution in [0.3, 0.4) is 0 Å². The van der Waals surface area contributed by atoms with Crippen molar-refractivity contribution in [2.45, 2.75) is 31.5 Å². The summed E-state index contributed by atoms with van der Waals surface area (Å²) in [5.74, 6) is -0.291. The third-order valence-electron chi connectivity index (χ3n) is 2.85. The summed E-state index contributed by atoms with van der Waals surface area (Å²) in [6.07, 6.45) is 0.691. The van der Waals surface area contributed by atoms with Crippen molar-refractivity contribution < 1.29 is 8.78 Å². The maximum absolute atomic E-state index is 14.0. The molecule has 1 nitrogen and oxygen atoms in total. The number of alkyl halides is 1. The fraction of sp³-hybridized carbons (Fsp3) is 0.455. The predicted molar refractivity (Wildman–Crippen MR) is 51.1 cm³/mol. The summed E-state index contributed by atoms with van der Waals surface area (Å²) < 4.78 is 26.9. The monoisotopic (exact) mass is 197 g/mol. The van der Waals surface area contributed by atoms with E-state index in [2.05, 4.69) is 0 Å². The maximum Gasteiger partial charge on any atom is 0.139 e. The van der Waals surface area contributed by atoms with Gasteiger partial charge >= 0.3 is 0 Å². The Morgan fingerprint density at radius 1 is 1.43 bits per heavy atom. The average molecular weight is 197 g/mol. The molecule has 0 bridgehead atoms. The van der Waals surface area contributed by atoms with E-state index in [0.29, 0.717) is 24.0 Å². The summed E-state index contributed by atoms with van der Waals surface area (Å²) >= 11 is 0. The first-order valence-electron chi connectivity index (χ1n) is 4.72. The van der Waals surface area contributed by atoms with Gasteiger partial charge in [-0.25, -0.2) is 8.78 Å². The Labute approximate surface area is 81.9 Å². The van der Waals surface area contributed by atoms with Gasteiger partial charge in [0.2, 0.25) is 0 Å². The number of hydrogen-bond donors (Lipinski definition) is 1. The predicted octanol–water partition coefficient (Wildman–Crippen LogP) is 2.42. The Hall–Kier alpha value is -0.960. The summed E-state index contributed by atoms with van der Waals surface area (Å²) in [6.45, 7) is 1.64. The molecule has 76 valence electrons. The third kappa shape index (κ3) is 1.42. The Balaban J connectivity index is 2.29. The van der Waals surface area contributed by atoms with Crippen molar-refractivity contribution in [3.05, 3.63) is 35.1 Å². The van der Waals surface area contributed by atoms with Gasteiger partial charge in [0, 0.05) is 18.9 Å². The summed E-state index contributed by atoms with van der Waals surface area (Å²) in [4.78, 5) is 0. The first-order valence-corrected chi connectivity index (χ1v) is 4.72. The van der Waals surface area contributed by atoms with E-state index in [1.165, 1.54) is 12.1 Å². The second-order valence-corrected chi connectivity index (χ2v) is 4.10. The van der Waals surface area contributed by atoms with Crippen molar-refractivity contribution >= 4 is 0 Å². The third-order valence-corrected chi connectivity index (χ3v) is 2.85. The molecule has 0 aromatic heterocycles. The van der Waals surface area contributed by atoms with E-state index in [0.717, 1.165) is 0 Å². The number of nitrogens with two attached hydrogens (primary N) is 1. The lowest BCUT2D eigenvalue weighted by molar-refractivity contribution is 0.0404. The Morgan fingerprint density at radius 2 is 2.07 bits per heavy atom. The van der Waals surface area contributed by atoms with Crippen LogP contribution in [0, 0.1) is 12.7 Å². The first kappa shape index (κ1) is 9.59. The number of aryl methyl sites for hydroxylation is 1. The van der Waals surface area contributed by atoms with E-state index in [9.17, 15) is 8.78 Å². The molecule has 1 fully saturated rings. The van der Waals surface area contributed by atoms with E-state index >= 15 is 0 Å². The van der Waals surface area contributed by atoms with Gasteiger partial charge in [-0.05, 0) is 30.2 Å². The lowest BCUT2D eigenvalue weighted by atomic mass is 9.73. The molecule has 1 aliphatic carbocycles. The van der Waals surface area contributed by atoms with Crippen molar-refractivity contribution in [1.29, 1.82) is 0 Å². The first-order chi connectivity index (χ1) is 6.51. The Kier molecular flexibility index (Phi) is 2.07. The molecule has 0 heterocycles. The molecule has 14 heavy (non-hydrogen) atoms. The molecular weight excluding hydrogens is 184 g/mol. The zero-order valence-corrected chi connectivity index (χ0v) is 8.06. The summed E-state index contributed by atoms with van der Waals surface area (Å²) in [7, 11) is 0. The van der Waals surface area contributed by atoms with Crippen LogP contribution in [0.5, 0.6) is 0 Å². The zero-order valence-electron chi connectivity index (χ0n) is 8.06. The molecule has 0 atom stereocenters. The van der Waals surface area contributed by atoms with Crippen LogP contribution in [-0.2, 0) is 5.67 Å². The topological polar surface area (TPSA) is 26.0 Å². The molecule has 3 heteroatoms. The standard InChI is InChI=1S/C11H13F2N/c1-7-4-8(2-3-10(7)12)11(13)5-9(14)6-11/h2-4,9H,5-6,14H2,1H3. The van der Waals surface area contributed by atoms with Crippen LogP contribution in [0.4, 0.5) is 8.78 Å². The summed E-state index contributed by atoms with van der Waals surface area (Å²) in [5, 5.41) is 0. The SMILES string of the molecule is Cc1cc(C2(F)CC(N)C2)ccc1F. The fourth-order valence-corrected chi connectivity index (χ4v) is 1.93. The van der Waals surface area contributed by atoms with Gasteiger partial charge in [0.25, 0.3) is 0 Å². The highest BCUT2D eigenvalue weighted by atomic mass is 19.1. The second kappa shape index (κ2) is 3.02. The quantitative estimate of drug-likeness (QED) is 0.735. The van der Waals surface area contributed by atoms with Crippen LogP contribution >= 0.6 is 0 Å². The smallest absolute Gasteiger partial charge is 0.139 e. The molecule has 0 unspecified atom stereocenters. The molecule has 0 radical (unpaired) electrons. The Bertz CT molecular complexity index is 356. The van der Waals surface area contributed by atoms with Gasteiger partial charge in [-0.2, -0.15) is 0 Å². The molecule has 0 aliphatic heterocycles. The van der Waals surface area contributed by atoms with Crippen molar-refractivity contribution in [1.82, 2.24) is 0 Å². The highest BCUT2D eigenvalue weighted by Gasteiger charge is 2.44. The molecular formula is C11H13F2N. The van der Waals surface area contributed by atoms with Crippen molar-refractivity contribution in [2.24, 2.45) is 5.73 Å². The molecule has 0 amide bonds. The molecule has 1 aromatic rings. The number of halogens is 2. The number of benzene rings is 1. The van der Waals surface area contributed by atoms with Crippen LogP contribution in [-0.4, -0.2) is 6.04 Å². The molecule has 0 saturated heterocycles. The largest absolute Gasteiger partial charge is 0.327 e. The van der Waals surface area contributed by atoms with Crippen LogP contribution in [0.15, 0.2) is 18.2 Å². The van der Waals surface area contributed by atoms with Gasteiger partial charge in [0.15, 0.2) is 0 Å². The van der Waals surface area contributed by atoms with E-state index < -0.39 is 5.67 Å². The van der Waals surface area contributed by atoms with Crippen molar-refractivity contribution in [3.63, 3.8) is 0 Å². The van der Waals surface area contributed by atoms with Gasteiger partial charge in [0.05, 0.1) is 0 Å². The van der Waals surface area contributed by atoms with Crippen molar-refractivity contribution in [3.8, 4) is 0 Å². The summed E-state index contributed by atoms with van der Waals surface area (Å²) in [6, 6.07) is 4.34. The second-order valence-electron chi connectivity index (χ2n) is 4.10. The van der Waals surface area contributed by atoms with Crippen LogP contribution in [0.1, 0.15) is 24.0 Å². The van der Waals surface area contributed by atoms with E-state index in [1.54, 1.807) is 13.0 Å². The van der Waals surface area contributed by atoms with Gasteiger partial charge in [-0.1, -0.05) is 6.07 Å². The minimum absolute atomic E-state index is 0.0506. The van der Waals surface area contributed by atoms with E-state index in [1.807, 2.05) is 0 Å². The lowest BCUT2D eigenvalue weighted by Crippen LogP contribution is -2.46. The molecule has 2 rings (SSSR count). The molecule has 1 saturated carbocycles. The van der Waals surface area contributed by atoms with Gasteiger partial charge < -0.3 is 5.73 Å². The highest BCUT2D eigenvalue weighted by molar-refractivity contribution is 5.31. The highest BCUT2D eigenvalue weighted by Crippen LogP contribution is 2.44. The molecule has 1 aliphatic rings. The van der Waals surface area contributed by atoms with Gasteiger partial charge in [-0.15, -0.1) is 0 Å². The molecule has 1 aromatic carbocycles. The van der Waals surface area contributed by atoms with Crippen LogP contribution in [0.2, 0.25) is 0 Å².